The SMILES string of the molecule is Cc1cc(C(=O)N(CCC[O-])Cc2ccccc2)ccc1-c1cccc(COc2ccc(Cn3oc(=O)[nH]c3=O)cc2)c1. The number of aromatic amines is 1. The molecule has 0 bridgehead atoms. The number of benzene rings is 4. The van der Waals surface area contributed by atoms with Crippen molar-refractivity contribution in [2.45, 2.75) is 33.0 Å². The number of amides is 1. The Morgan fingerprint density at radius 1 is 0.907 bits per heavy atom. The van der Waals surface area contributed by atoms with Crippen LogP contribution in [0.3, 0.4) is 0 Å². The van der Waals surface area contributed by atoms with Crippen molar-refractivity contribution in [3.8, 4) is 16.9 Å². The Bertz CT molecular complexity index is 1790. The lowest BCUT2D eigenvalue weighted by Crippen LogP contribution is -2.33. The highest BCUT2D eigenvalue weighted by molar-refractivity contribution is 5.95. The van der Waals surface area contributed by atoms with Crippen molar-refractivity contribution in [3.05, 3.63) is 146 Å². The van der Waals surface area contributed by atoms with Crippen LogP contribution in [-0.4, -0.2) is 33.7 Å². The Morgan fingerprint density at radius 2 is 1.67 bits per heavy atom. The fraction of sp³-hybridized carbons (Fsp3) is 0.206. The minimum absolute atomic E-state index is 0.0927. The van der Waals surface area contributed by atoms with E-state index in [0.717, 1.165) is 38.1 Å². The second-order valence-corrected chi connectivity index (χ2v) is 10.3. The first-order valence-electron chi connectivity index (χ1n) is 14.0. The van der Waals surface area contributed by atoms with Crippen LogP contribution in [0.1, 0.15) is 39.0 Å². The van der Waals surface area contributed by atoms with Crippen molar-refractivity contribution < 1.29 is 19.2 Å². The molecule has 0 spiro atoms. The topological polar surface area (TPSA) is 121 Å². The maximum atomic E-state index is 13.4. The van der Waals surface area contributed by atoms with Gasteiger partial charge in [0, 0.05) is 18.7 Å². The summed E-state index contributed by atoms with van der Waals surface area (Å²) in [5, 5.41) is 11.2. The lowest BCUT2D eigenvalue weighted by molar-refractivity contribution is -0.368. The summed E-state index contributed by atoms with van der Waals surface area (Å²) < 4.78 is 11.8. The van der Waals surface area contributed by atoms with E-state index in [9.17, 15) is 19.5 Å². The van der Waals surface area contributed by atoms with Gasteiger partial charge in [0.15, 0.2) is 0 Å². The fourth-order valence-corrected chi connectivity index (χ4v) is 4.89. The summed E-state index contributed by atoms with van der Waals surface area (Å²) in [4.78, 5) is 40.1. The molecule has 5 rings (SSSR count). The second-order valence-electron chi connectivity index (χ2n) is 10.3. The zero-order valence-corrected chi connectivity index (χ0v) is 23.8. The van der Waals surface area contributed by atoms with Gasteiger partial charge in [0.05, 0.1) is 6.54 Å². The van der Waals surface area contributed by atoms with Gasteiger partial charge in [-0.15, -0.1) is 11.3 Å². The third-order valence-corrected chi connectivity index (χ3v) is 7.07. The van der Waals surface area contributed by atoms with Crippen LogP contribution in [0.4, 0.5) is 0 Å². The smallest absolute Gasteiger partial charge is 0.440 e. The van der Waals surface area contributed by atoms with Crippen molar-refractivity contribution in [1.29, 1.82) is 0 Å². The largest absolute Gasteiger partial charge is 0.854 e. The van der Waals surface area contributed by atoms with Crippen molar-refractivity contribution in [1.82, 2.24) is 14.6 Å². The number of hydrogen-bond acceptors (Lipinski definition) is 6. The average molecular weight is 579 g/mol. The number of nitrogens with one attached hydrogen (secondary N) is 1. The Labute approximate surface area is 248 Å². The van der Waals surface area contributed by atoms with Crippen molar-refractivity contribution in [2.24, 2.45) is 0 Å². The fourth-order valence-electron chi connectivity index (χ4n) is 4.89. The van der Waals surface area contributed by atoms with Gasteiger partial charge in [0.1, 0.15) is 12.4 Å². The van der Waals surface area contributed by atoms with Crippen molar-refractivity contribution in [3.63, 3.8) is 0 Å². The minimum Gasteiger partial charge on any atom is -0.854 e. The van der Waals surface area contributed by atoms with E-state index in [2.05, 4.69) is 11.1 Å². The normalized spacial score (nSPS) is 10.9. The number of nitrogens with zero attached hydrogens (tertiary/aromatic N) is 2. The molecule has 0 aliphatic carbocycles. The number of ether oxygens (including phenoxy) is 1. The number of rotatable bonds is 12. The molecule has 1 N–H and O–H groups in total. The van der Waals surface area contributed by atoms with E-state index in [1.807, 2.05) is 73.7 Å². The van der Waals surface area contributed by atoms with E-state index in [1.165, 1.54) is 0 Å². The lowest BCUT2D eigenvalue weighted by atomic mass is 9.96. The molecule has 0 radical (unpaired) electrons. The summed E-state index contributed by atoms with van der Waals surface area (Å²) in [6.45, 7) is 3.12. The molecule has 1 heterocycles. The zero-order valence-electron chi connectivity index (χ0n) is 23.8. The summed E-state index contributed by atoms with van der Waals surface area (Å²) in [6, 6.07) is 30.8. The highest BCUT2D eigenvalue weighted by Gasteiger charge is 2.17. The molecule has 0 unspecified atom stereocenters. The van der Waals surface area contributed by atoms with E-state index >= 15 is 0 Å². The predicted molar refractivity (Wildman–Crippen MR) is 161 cm³/mol. The summed E-state index contributed by atoms with van der Waals surface area (Å²) in [5.74, 6) is -0.220. The third kappa shape index (κ3) is 7.58. The summed E-state index contributed by atoms with van der Waals surface area (Å²) in [5.41, 5.74) is 5.78. The minimum atomic E-state index is -0.788. The molecule has 9 nitrogen and oxygen atoms in total. The molecule has 0 aliphatic heterocycles. The molecule has 0 fully saturated rings. The van der Waals surface area contributed by atoms with E-state index in [0.29, 0.717) is 37.4 Å². The van der Waals surface area contributed by atoms with Crippen LogP contribution in [0, 0.1) is 6.92 Å². The Morgan fingerprint density at radius 3 is 2.37 bits per heavy atom. The zero-order chi connectivity index (χ0) is 30.2. The van der Waals surface area contributed by atoms with Crippen LogP contribution >= 0.6 is 0 Å². The molecule has 0 aliphatic rings. The first-order valence-corrected chi connectivity index (χ1v) is 14.0. The van der Waals surface area contributed by atoms with Gasteiger partial charge in [-0.05, 0) is 70.6 Å². The molecule has 0 saturated carbocycles. The van der Waals surface area contributed by atoms with E-state index in [1.54, 1.807) is 29.2 Å². The first kappa shape index (κ1) is 29.3. The summed E-state index contributed by atoms with van der Waals surface area (Å²) >= 11 is 0. The Balaban J connectivity index is 1.24. The van der Waals surface area contributed by atoms with Gasteiger partial charge >= 0.3 is 11.4 Å². The number of aryl methyl sites for hydroxylation is 1. The molecule has 9 heteroatoms. The first-order chi connectivity index (χ1) is 20.9. The highest BCUT2D eigenvalue weighted by atomic mass is 16.5. The molecular weight excluding hydrogens is 546 g/mol. The Kier molecular flexibility index (Phi) is 9.33. The van der Waals surface area contributed by atoms with Gasteiger partial charge in [-0.2, -0.15) is 0 Å². The molecule has 220 valence electrons. The molecule has 5 aromatic rings. The van der Waals surface area contributed by atoms with Crippen molar-refractivity contribution in [2.75, 3.05) is 13.2 Å². The molecule has 1 aromatic heterocycles. The number of aromatic nitrogens is 2. The second kappa shape index (κ2) is 13.7. The molecule has 4 aromatic carbocycles. The molecular formula is C34H32N3O6-. The average Bonchev–Trinajstić information content (AvgIpc) is 3.34. The quantitative estimate of drug-likeness (QED) is 0.238. The number of hydrogen-bond donors (Lipinski definition) is 1. The van der Waals surface area contributed by atoms with Gasteiger partial charge in [-0.3, -0.25) is 4.79 Å². The summed E-state index contributed by atoms with van der Waals surface area (Å²) in [6.07, 6.45) is 0.406. The lowest BCUT2D eigenvalue weighted by Gasteiger charge is -2.24. The van der Waals surface area contributed by atoms with Gasteiger partial charge in [-0.1, -0.05) is 73.2 Å². The molecule has 0 saturated heterocycles. The predicted octanol–water partition coefficient (Wildman–Crippen LogP) is 4.13. The summed E-state index contributed by atoms with van der Waals surface area (Å²) in [7, 11) is 0. The van der Waals surface area contributed by atoms with Crippen LogP contribution in [-0.2, 0) is 19.7 Å². The standard InChI is InChI=1S/C34H32N3O6/c1-24-19-29(32(39)36(17-6-18-38)21-25-7-3-2-4-8-25)13-16-31(24)28-10-5-9-27(20-28)23-42-30-14-11-26(12-15-30)22-37-33(40)35-34(41)43-37/h2-5,7-16,19-20H,6,17-18,21-23H2,1H3,(H,35,40,41)/q-1. The molecule has 1 amide bonds. The van der Waals surface area contributed by atoms with Crippen LogP contribution in [0.2, 0.25) is 0 Å². The highest BCUT2D eigenvalue weighted by Crippen LogP contribution is 2.27. The van der Waals surface area contributed by atoms with Gasteiger partial charge in [0.2, 0.25) is 0 Å². The van der Waals surface area contributed by atoms with Gasteiger partial charge < -0.3 is 19.3 Å². The van der Waals surface area contributed by atoms with Crippen LogP contribution < -0.4 is 21.3 Å². The van der Waals surface area contributed by atoms with Crippen LogP contribution in [0.15, 0.2) is 111 Å². The molecule has 0 atom stereocenters. The maximum absolute atomic E-state index is 13.4. The number of carbonyl (C=O) groups excluding carboxylic acids is 1. The molecule has 43 heavy (non-hydrogen) atoms. The van der Waals surface area contributed by atoms with E-state index in [-0.39, 0.29) is 19.1 Å². The maximum Gasteiger partial charge on any atom is 0.440 e. The Hall–Kier alpha value is -5.15. The van der Waals surface area contributed by atoms with E-state index < -0.39 is 11.4 Å². The van der Waals surface area contributed by atoms with Crippen molar-refractivity contribution >= 4 is 5.91 Å². The monoisotopic (exact) mass is 578 g/mol. The van der Waals surface area contributed by atoms with Crippen LogP contribution in [0.5, 0.6) is 5.75 Å². The third-order valence-electron chi connectivity index (χ3n) is 7.07. The van der Waals surface area contributed by atoms with Crippen LogP contribution in [0.25, 0.3) is 11.1 Å². The van der Waals surface area contributed by atoms with Gasteiger partial charge in [-0.25, -0.2) is 14.6 Å². The number of H-pyrrole nitrogens is 1. The number of carbonyl (C=O) groups is 1. The van der Waals surface area contributed by atoms with Gasteiger partial charge in [0.25, 0.3) is 5.91 Å². The van der Waals surface area contributed by atoms with E-state index in [4.69, 9.17) is 9.26 Å².